The third kappa shape index (κ3) is 10.6. The van der Waals surface area contributed by atoms with Crippen LogP contribution < -0.4 is 16.0 Å². The molecule has 0 aromatic heterocycles. The zero-order chi connectivity index (χ0) is 30.5. The monoisotopic (exact) mass is 575 g/mol. The summed E-state index contributed by atoms with van der Waals surface area (Å²) < 4.78 is 15.4. The molecule has 3 amide bonds. The minimum absolute atomic E-state index is 0.143. The Kier molecular flexibility index (Phi) is 11.5. The highest BCUT2D eigenvalue weighted by Crippen LogP contribution is 2.24. The second-order valence-electron chi connectivity index (χ2n) is 10.5. The van der Waals surface area contributed by atoms with E-state index in [4.69, 9.17) is 14.2 Å². The fourth-order valence-corrected chi connectivity index (χ4v) is 3.94. The molecule has 3 N–H and O–H groups in total. The largest absolute Gasteiger partial charge is 0.465 e. The van der Waals surface area contributed by atoms with Gasteiger partial charge in [0.15, 0.2) is 0 Å². The highest BCUT2D eigenvalue weighted by atomic mass is 16.6. The first kappa shape index (κ1) is 31.7. The summed E-state index contributed by atoms with van der Waals surface area (Å²) in [5, 5.41) is 8.14. The third-order valence-corrected chi connectivity index (χ3v) is 5.91. The van der Waals surface area contributed by atoms with Gasteiger partial charge in [-0.2, -0.15) is 0 Å². The molecule has 0 spiro atoms. The van der Waals surface area contributed by atoms with Crippen LogP contribution in [0.3, 0.4) is 0 Å². The lowest BCUT2D eigenvalue weighted by Crippen LogP contribution is -2.46. The van der Waals surface area contributed by atoms with E-state index in [0.717, 1.165) is 16.7 Å². The first-order valence-electron chi connectivity index (χ1n) is 13.6. The first-order chi connectivity index (χ1) is 20.0. The summed E-state index contributed by atoms with van der Waals surface area (Å²) >= 11 is 0. The van der Waals surface area contributed by atoms with Crippen molar-refractivity contribution < 1.29 is 33.4 Å². The Morgan fingerprint density at radius 2 is 1.52 bits per heavy atom. The van der Waals surface area contributed by atoms with Crippen molar-refractivity contribution in [2.45, 2.75) is 51.9 Å². The molecule has 0 aliphatic carbocycles. The summed E-state index contributed by atoms with van der Waals surface area (Å²) in [5.41, 5.74) is 2.56. The first-order valence-corrected chi connectivity index (χ1v) is 13.6. The van der Waals surface area contributed by atoms with Gasteiger partial charge in [-0.25, -0.2) is 14.4 Å². The number of benzene rings is 3. The molecule has 10 heteroatoms. The summed E-state index contributed by atoms with van der Waals surface area (Å²) in [4.78, 5) is 49.8. The van der Waals surface area contributed by atoms with Crippen LogP contribution in [-0.2, 0) is 25.6 Å². The van der Waals surface area contributed by atoms with Gasteiger partial charge in [0.05, 0.1) is 12.7 Å². The number of ether oxygens (including phenoxy) is 3. The summed E-state index contributed by atoms with van der Waals surface area (Å²) in [6.07, 6.45) is -0.696. The fraction of sp³-hybridized carbons (Fsp3) is 0.312. The molecule has 3 rings (SSSR count). The fourth-order valence-electron chi connectivity index (χ4n) is 3.94. The number of methoxy groups -OCH3 is 1. The van der Waals surface area contributed by atoms with Gasteiger partial charge in [-0.1, -0.05) is 54.6 Å². The molecule has 0 saturated carbocycles. The van der Waals surface area contributed by atoms with Crippen molar-refractivity contribution in [3.8, 4) is 11.1 Å². The maximum absolute atomic E-state index is 13.3. The molecule has 0 radical (unpaired) electrons. The van der Waals surface area contributed by atoms with E-state index in [2.05, 4.69) is 16.0 Å². The Bertz CT molecular complexity index is 1370. The normalized spacial score (nSPS) is 11.5. The van der Waals surface area contributed by atoms with Gasteiger partial charge in [0.2, 0.25) is 5.91 Å². The molecule has 0 aliphatic rings. The van der Waals surface area contributed by atoms with Gasteiger partial charge in [-0.05, 0) is 74.6 Å². The Morgan fingerprint density at radius 1 is 0.833 bits per heavy atom. The lowest BCUT2D eigenvalue weighted by molar-refractivity contribution is -0.118. The average molecular weight is 576 g/mol. The third-order valence-electron chi connectivity index (χ3n) is 5.91. The Hall–Kier alpha value is -4.86. The van der Waals surface area contributed by atoms with Crippen molar-refractivity contribution in [1.82, 2.24) is 10.6 Å². The number of anilines is 1. The zero-order valence-electron chi connectivity index (χ0n) is 24.3. The molecule has 0 fully saturated rings. The van der Waals surface area contributed by atoms with Crippen LogP contribution >= 0.6 is 0 Å². The van der Waals surface area contributed by atoms with Crippen LogP contribution in [0, 0.1) is 0 Å². The van der Waals surface area contributed by atoms with E-state index in [1.807, 2.05) is 42.5 Å². The number of amides is 3. The molecule has 0 bridgehead atoms. The molecule has 3 aromatic rings. The van der Waals surface area contributed by atoms with Crippen molar-refractivity contribution in [3.05, 3.63) is 90.0 Å². The van der Waals surface area contributed by atoms with E-state index in [0.29, 0.717) is 17.7 Å². The van der Waals surface area contributed by atoms with Crippen LogP contribution in [0.5, 0.6) is 0 Å². The number of alkyl carbamates (subject to hydrolysis) is 2. The Morgan fingerprint density at radius 3 is 2.21 bits per heavy atom. The molecule has 0 saturated heterocycles. The van der Waals surface area contributed by atoms with Gasteiger partial charge < -0.3 is 30.2 Å². The molecule has 10 nitrogen and oxygen atoms in total. The highest BCUT2D eigenvalue weighted by Gasteiger charge is 2.24. The molecule has 0 unspecified atom stereocenters. The van der Waals surface area contributed by atoms with Crippen molar-refractivity contribution in [2.75, 3.05) is 19.0 Å². The SMILES string of the molecule is COC(=O)c1cccc(-c2cccc(NC(=O)[C@H](CCCNC(=O)OCc3ccccc3)NC(=O)OC(C)(C)C)c2)c1. The predicted octanol–water partition coefficient (Wildman–Crippen LogP) is 5.68. The number of esters is 1. The number of hydrogen-bond donors (Lipinski definition) is 3. The molecule has 1 atom stereocenters. The van der Waals surface area contributed by atoms with E-state index in [1.54, 1.807) is 57.2 Å². The number of carbonyl (C=O) groups is 4. The van der Waals surface area contributed by atoms with Crippen LogP contribution in [0.15, 0.2) is 78.9 Å². The second-order valence-corrected chi connectivity index (χ2v) is 10.5. The maximum Gasteiger partial charge on any atom is 0.408 e. The van der Waals surface area contributed by atoms with Gasteiger partial charge >= 0.3 is 18.2 Å². The van der Waals surface area contributed by atoms with Crippen molar-refractivity contribution in [3.63, 3.8) is 0 Å². The van der Waals surface area contributed by atoms with E-state index in [1.165, 1.54) is 7.11 Å². The summed E-state index contributed by atoms with van der Waals surface area (Å²) in [6.45, 7) is 5.57. The summed E-state index contributed by atoms with van der Waals surface area (Å²) in [5.74, 6) is -0.899. The Balaban J connectivity index is 1.62. The lowest BCUT2D eigenvalue weighted by atomic mass is 10.0. The van der Waals surface area contributed by atoms with Crippen molar-refractivity contribution in [1.29, 1.82) is 0 Å². The smallest absolute Gasteiger partial charge is 0.408 e. The van der Waals surface area contributed by atoms with E-state index in [-0.39, 0.29) is 19.6 Å². The quantitative estimate of drug-likeness (QED) is 0.152. The summed E-state index contributed by atoms with van der Waals surface area (Å²) in [7, 11) is 1.32. The molecule has 0 aliphatic heterocycles. The molecule has 0 heterocycles. The van der Waals surface area contributed by atoms with Gasteiger partial charge in [-0.3, -0.25) is 4.79 Å². The molecular formula is C32H37N3O7. The topological polar surface area (TPSA) is 132 Å². The highest BCUT2D eigenvalue weighted by molar-refractivity contribution is 5.97. The molecule has 222 valence electrons. The minimum Gasteiger partial charge on any atom is -0.465 e. The van der Waals surface area contributed by atoms with Gasteiger partial charge in [0, 0.05) is 12.2 Å². The zero-order valence-corrected chi connectivity index (χ0v) is 24.3. The van der Waals surface area contributed by atoms with Gasteiger partial charge in [0.25, 0.3) is 0 Å². The van der Waals surface area contributed by atoms with Gasteiger partial charge in [-0.15, -0.1) is 0 Å². The second kappa shape index (κ2) is 15.2. The Labute approximate surface area is 245 Å². The maximum atomic E-state index is 13.3. The standard InChI is InChI=1S/C32H37N3O7/c1-32(2,3)42-31(39)35-27(17-10-18-33-30(38)41-21-22-11-6-5-7-12-22)28(36)34-26-16-9-14-24(20-26)23-13-8-15-25(19-23)29(37)40-4/h5-9,11-16,19-20,27H,10,17-18,21H2,1-4H3,(H,33,38)(H,34,36)(H,35,39)/t27-/m0/s1. The van der Waals surface area contributed by atoms with Crippen LogP contribution in [0.4, 0.5) is 15.3 Å². The average Bonchev–Trinajstić information content (AvgIpc) is 2.97. The number of carbonyl (C=O) groups excluding carboxylic acids is 4. The number of hydrogen-bond acceptors (Lipinski definition) is 7. The lowest BCUT2D eigenvalue weighted by Gasteiger charge is -2.23. The van der Waals surface area contributed by atoms with Crippen LogP contribution in [0.25, 0.3) is 11.1 Å². The van der Waals surface area contributed by atoms with Crippen molar-refractivity contribution >= 4 is 29.8 Å². The number of nitrogens with one attached hydrogen (secondary N) is 3. The van der Waals surface area contributed by atoms with Crippen molar-refractivity contribution in [2.24, 2.45) is 0 Å². The molecule has 42 heavy (non-hydrogen) atoms. The van der Waals surface area contributed by atoms with Gasteiger partial charge in [0.1, 0.15) is 18.2 Å². The molecule has 3 aromatic carbocycles. The van der Waals surface area contributed by atoms with E-state index < -0.39 is 35.7 Å². The van der Waals surface area contributed by atoms with Crippen LogP contribution in [0.1, 0.15) is 49.5 Å². The number of rotatable bonds is 11. The molecular weight excluding hydrogens is 538 g/mol. The van der Waals surface area contributed by atoms with Crippen LogP contribution in [0.2, 0.25) is 0 Å². The van der Waals surface area contributed by atoms with Crippen LogP contribution in [-0.4, -0.2) is 49.4 Å². The van der Waals surface area contributed by atoms with E-state index in [9.17, 15) is 19.2 Å². The van der Waals surface area contributed by atoms with E-state index >= 15 is 0 Å². The summed E-state index contributed by atoms with van der Waals surface area (Å²) in [6, 6.07) is 22.4. The minimum atomic E-state index is -0.937. The predicted molar refractivity (Wildman–Crippen MR) is 159 cm³/mol.